The summed E-state index contributed by atoms with van der Waals surface area (Å²) in [5.41, 5.74) is 0. The van der Waals surface area contributed by atoms with Crippen LogP contribution in [0.5, 0.6) is 0 Å². The zero-order valence-corrected chi connectivity index (χ0v) is 14.7. The number of carboxylic acid groups (broad SMARTS) is 1. The van der Waals surface area contributed by atoms with Gasteiger partial charge in [-0.15, -0.1) is 11.3 Å². The van der Waals surface area contributed by atoms with Gasteiger partial charge in [0.15, 0.2) is 0 Å². The van der Waals surface area contributed by atoms with Crippen molar-refractivity contribution in [3.63, 3.8) is 0 Å². The number of thiophene rings is 1. The smallest absolute Gasteiger partial charge is 0.345 e. The lowest BCUT2D eigenvalue weighted by Gasteiger charge is -2.22. The molecule has 20 heavy (non-hydrogen) atoms. The molecule has 112 valence electrons. The number of hydrogen-bond donors (Lipinski definition) is 2. The summed E-state index contributed by atoms with van der Waals surface area (Å²) >= 11 is 5.78. The molecule has 0 amide bonds. The second-order valence-electron chi connectivity index (χ2n) is 4.78. The molecule has 1 aliphatic rings. The highest BCUT2D eigenvalue weighted by Crippen LogP contribution is 2.38. The third-order valence-electron chi connectivity index (χ3n) is 3.09. The second-order valence-corrected chi connectivity index (χ2v) is 10.6. The maximum Gasteiger partial charge on any atom is 0.345 e. The van der Waals surface area contributed by atoms with Crippen LogP contribution in [0.1, 0.15) is 29.4 Å². The maximum atomic E-state index is 12.3. The Morgan fingerprint density at radius 1 is 1.60 bits per heavy atom. The van der Waals surface area contributed by atoms with E-state index in [1.807, 2.05) is 6.92 Å². The van der Waals surface area contributed by atoms with E-state index in [2.05, 4.69) is 20.7 Å². The summed E-state index contributed by atoms with van der Waals surface area (Å²) in [5.74, 6) is -0.0840. The van der Waals surface area contributed by atoms with Crippen LogP contribution in [0.25, 0.3) is 0 Å². The highest BCUT2D eigenvalue weighted by Gasteiger charge is 2.32. The molecular formula is C11H14BrNO4S3. The summed E-state index contributed by atoms with van der Waals surface area (Å²) < 4.78 is 27.3. The summed E-state index contributed by atoms with van der Waals surface area (Å²) in [6, 6.07) is 1.18. The van der Waals surface area contributed by atoms with Crippen LogP contribution in [0.15, 0.2) is 14.7 Å². The number of sulfonamides is 1. The van der Waals surface area contributed by atoms with Crippen LogP contribution in [0.4, 0.5) is 0 Å². The second kappa shape index (κ2) is 5.96. The van der Waals surface area contributed by atoms with Crippen LogP contribution in [0.2, 0.25) is 0 Å². The van der Waals surface area contributed by atoms with Crippen LogP contribution in [0, 0.1) is 0 Å². The summed E-state index contributed by atoms with van der Waals surface area (Å²) in [5, 5.41) is 8.90. The van der Waals surface area contributed by atoms with Gasteiger partial charge in [-0.2, -0.15) is 11.8 Å². The lowest BCUT2D eigenvalue weighted by atomic mass is 10.1. The predicted octanol–water partition coefficient (Wildman–Crippen LogP) is 2.77. The van der Waals surface area contributed by atoms with Gasteiger partial charge in [0.05, 0.1) is 3.79 Å². The van der Waals surface area contributed by atoms with Gasteiger partial charge in [-0.05, 0) is 47.5 Å². The summed E-state index contributed by atoms with van der Waals surface area (Å²) in [7, 11) is -3.69. The van der Waals surface area contributed by atoms with Crippen LogP contribution in [0.3, 0.4) is 0 Å². The number of thioether (sulfide) groups is 1. The molecule has 0 bridgehead atoms. The number of aromatic carboxylic acids is 1. The molecule has 5 nitrogen and oxygen atoms in total. The molecule has 1 atom stereocenters. The summed E-state index contributed by atoms with van der Waals surface area (Å²) in [4.78, 5) is 10.9. The molecule has 1 aliphatic heterocycles. The van der Waals surface area contributed by atoms with E-state index in [0.717, 1.165) is 29.9 Å². The molecule has 2 N–H and O–H groups in total. The lowest BCUT2D eigenvalue weighted by Crippen LogP contribution is -2.36. The molecule has 1 unspecified atom stereocenters. The van der Waals surface area contributed by atoms with Gasteiger partial charge in [0.1, 0.15) is 9.77 Å². The molecule has 0 saturated carbocycles. The molecule has 2 rings (SSSR count). The molecule has 1 aromatic heterocycles. The minimum absolute atomic E-state index is 0.00120. The Hall–Kier alpha value is -0.0900. The first-order valence-electron chi connectivity index (χ1n) is 5.90. The van der Waals surface area contributed by atoms with Crippen molar-refractivity contribution in [2.45, 2.75) is 29.4 Å². The zero-order valence-electron chi connectivity index (χ0n) is 10.7. The Balaban J connectivity index is 2.16. The topological polar surface area (TPSA) is 83.5 Å². The fourth-order valence-corrected chi connectivity index (χ4v) is 6.85. The average Bonchev–Trinajstić information content (AvgIpc) is 2.94. The van der Waals surface area contributed by atoms with Crippen molar-refractivity contribution in [3.05, 3.63) is 14.7 Å². The van der Waals surface area contributed by atoms with Gasteiger partial charge in [-0.25, -0.2) is 17.9 Å². The molecule has 0 spiro atoms. The monoisotopic (exact) mass is 399 g/mol. The quantitative estimate of drug-likeness (QED) is 0.794. The number of carboxylic acids is 1. The molecule has 0 aliphatic carbocycles. The van der Waals surface area contributed by atoms with Crippen molar-refractivity contribution in [3.8, 4) is 0 Å². The molecular weight excluding hydrogens is 386 g/mol. The normalized spacial score (nSPS) is 23.1. The number of carbonyl (C=O) groups is 1. The fraction of sp³-hybridized carbons (Fsp3) is 0.545. The van der Waals surface area contributed by atoms with Crippen molar-refractivity contribution < 1.29 is 18.3 Å². The average molecular weight is 400 g/mol. The van der Waals surface area contributed by atoms with E-state index in [9.17, 15) is 13.2 Å². The molecule has 1 saturated heterocycles. The van der Waals surface area contributed by atoms with E-state index >= 15 is 0 Å². The molecule has 0 radical (unpaired) electrons. The number of nitrogens with one attached hydrogen (secondary N) is 1. The van der Waals surface area contributed by atoms with Gasteiger partial charge >= 0.3 is 5.97 Å². The Morgan fingerprint density at radius 3 is 2.80 bits per heavy atom. The van der Waals surface area contributed by atoms with Crippen molar-refractivity contribution >= 4 is 55.0 Å². The molecule has 9 heteroatoms. The van der Waals surface area contributed by atoms with Crippen LogP contribution in [-0.2, 0) is 10.0 Å². The third-order valence-corrected chi connectivity index (χ3v) is 8.27. The van der Waals surface area contributed by atoms with Crippen molar-refractivity contribution in [2.24, 2.45) is 0 Å². The number of halogens is 1. The standard InChI is InChI=1S/C11H14BrNO4S3/c1-11(3-2-4-18-11)6-13-20(16,17)8-5-7(10(14)15)19-9(8)12/h5,13H,2-4,6H2,1H3,(H,14,15). The SMILES string of the molecule is CC1(CNS(=O)(=O)c2cc(C(=O)O)sc2Br)CCCS1. The maximum absolute atomic E-state index is 12.3. The summed E-state index contributed by atoms with van der Waals surface area (Å²) in [6.45, 7) is 2.39. The zero-order chi connectivity index (χ0) is 15.0. The molecule has 2 heterocycles. The van der Waals surface area contributed by atoms with Crippen LogP contribution < -0.4 is 4.72 Å². The van der Waals surface area contributed by atoms with E-state index in [1.54, 1.807) is 11.8 Å². The van der Waals surface area contributed by atoms with Gasteiger partial charge in [0, 0.05) is 11.3 Å². The minimum atomic E-state index is -3.69. The highest BCUT2D eigenvalue weighted by atomic mass is 79.9. The molecule has 0 aromatic carbocycles. The first kappa shape index (κ1) is 16.3. The van der Waals surface area contributed by atoms with E-state index in [4.69, 9.17) is 5.11 Å². The van der Waals surface area contributed by atoms with Crippen molar-refractivity contribution in [2.75, 3.05) is 12.3 Å². The number of hydrogen-bond acceptors (Lipinski definition) is 5. The highest BCUT2D eigenvalue weighted by molar-refractivity contribution is 9.11. The van der Waals surface area contributed by atoms with Crippen LogP contribution >= 0.6 is 39.0 Å². The van der Waals surface area contributed by atoms with E-state index < -0.39 is 16.0 Å². The first-order valence-corrected chi connectivity index (χ1v) is 9.98. The Morgan fingerprint density at radius 2 is 2.30 bits per heavy atom. The Labute approximate surface area is 134 Å². The van der Waals surface area contributed by atoms with Gasteiger partial charge in [0.2, 0.25) is 10.0 Å². The van der Waals surface area contributed by atoms with E-state index in [0.29, 0.717) is 10.3 Å². The van der Waals surface area contributed by atoms with Gasteiger partial charge < -0.3 is 5.11 Å². The fourth-order valence-electron chi connectivity index (χ4n) is 1.94. The van der Waals surface area contributed by atoms with Gasteiger partial charge in [-0.3, -0.25) is 0 Å². The summed E-state index contributed by atoms with van der Waals surface area (Å²) in [6.07, 6.45) is 2.07. The predicted molar refractivity (Wildman–Crippen MR) is 84.3 cm³/mol. The van der Waals surface area contributed by atoms with Gasteiger partial charge in [-0.1, -0.05) is 0 Å². The molecule has 1 fully saturated rings. The third kappa shape index (κ3) is 3.56. The Bertz CT molecular complexity index is 620. The van der Waals surface area contributed by atoms with Crippen LogP contribution in [-0.4, -0.2) is 36.5 Å². The van der Waals surface area contributed by atoms with E-state index in [1.165, 1.54) is 6.07 Å². The largest absolute Gasteiger partial charge is 0.477 e. The minimum Gasteiger partial charge on any atom is -0.477 e. The lowest BCUT2D eigenvalue weighted by molar-refractivity contribution is 0.0702. The van der Waals surface area contributed by atoms with Crippen molar-refractivity contribution in [1.82, 2.24) is 4.72 Å². The van der Waals surface area contributed by atoms with Crippen molar-refractivity contribution in [1.29, 1.82) is 0 Å². The van der Waals surface area contributed by atoms with E-state index in [-0.39, 0.29) is 14.5 Å². The molecule has 1 aromatic rings. The number of rotatable bonds is 5. The Kier molecular flexibility index (Phi) is 4.85. The first-order chi connectivity index (χ1) is 9.23. The van der Waals surface area contributed by atoms with Gasteiger partial charge in [0.25, 0.3) is 0 Å².